The molecule has 0 saturated heterocycles. The lowest BCUT2D eigenvalue weighted by Crippen LogP contribution is -2.29. The van der Waals surface area contributed by atoms with Crippen LogP contribution in [-0.2, 0) is 5.41 Å². The summed E-state index contributed by atoms with van der Waals surface area (Å²) in [5.41, 5.74) is 0.592. The SMILES string of the molecule is N#CC(CCP(c1ccccc1)c1ccccc1)(CCP(c1ccccc1)c1ccccc1)c1ccccc1. The zero-order valence-electron chi connectivity index (χ0n) is 22.1. The predicted octanol–water partition coefficient (Wildman–Crippen LogP) is 7.49. The van der Waals surface area contributed by atoms with Crippen LogP contribution in [0.5, 0.6) is 0 Å². The van der Waals surface area contributed by atoms with E-state index in [0.29, 0.717) is 0 Å². The highest BCUT2D eigenvalue weighted by molar-refractivity contribution is 7.73. The third-order valence-corrected chi connectivity index (χ3v) is 12.4. The van der Waals surface area contributed by atoms with E-state index < -0.39 is 21.3 Å². The third-order valence-electron chi connectivity index (χ3n) is 7.34. The Morgan fingerprint density at radius 3 is 1.00 bits per heavy atom. The minimum absolute atomic E-state index is 0.546. The fourth-order valence-corrected chi connectivity index (χ4v) is 10.2. The van der Waals surface area contributed by atoms with E-state index in [1.165, 1.54) is 21.2 Å². The zero-order valence-corrected chi connectivity index (χ0v) is 23.9. The van der Waals surface area contributed by atoms with Gasteiger partial charge in [0, 0.05) is 0 Å². The number of hydrogen-bond donors (Lipinski definition) is 0. The van der Waals surface area contributed by atoms with Crippen molar-refractivity contribution in [1.29, 1.82) is 5.26 Å². The molecule has 1 nitrogen and oxygen atoms in total. The maximum Gasteiger partial charge on any atom is 0.0829 e. The van der Waals surface area contributed by atoms with E-state index in [1.54, 1.807) is 0 Å². The molecule has 3 heteroatoms. The van der Waals surface area contributed by atoms with E-state index in [4.69, 9.17) is 0 Å². The lowest BCUT2D eigenvalue weighted by atomic mass is 9.77. The molecule has 0 aliphatic carbocycles. The van der Waals surface area contributed by atoms with E-state index in [2.05, 4.69) is 152 Å². The monoisotopic (exact) mass is 541 g/mol. The number of benzene rings is 5. The predicted molar refractivity (Wildman–Crippen MR) is 171 cm³/mol. The summed E-state index contributed by atoms with van der Waals surface area (Å²) in [6.07, 6.45) is 3.60. The normalized spacial score (nSPS) is 11.4. The smallest absolute Gasteiger partial charge is 0.0829 e. The van der Waals surface area contributed by atoms with Crippen LogP contribution in [0.2, 0.25) is 0 Å². The van der Waals surface area contributed by atoms with Crippen molar-refractivity contribution in [3.8, 4) is 6.07 Å². The summed E-state index contributed by atoms with van der Waals surface area (Å²) in [6, 6.07) is 56.8. The molecule has 0 fully saturated rings. The molecule has 0 atom stereocenters. The third kappa shape index (κ3) is 6.72. The second-order valence-corrected chi connectivity index (χ2v) is 14.4. The molecule has 0 aliphatic rings. The molecule has 39 heavy (non-hydrogen) atoms. The molecule has 0 aliphatic heterocycles. The molecule has 0 bridgehead atoms. The molecule has 5 aromatic rings. The van der Waals surface area contributed by atoms with Crippen molar-refractivity contribution in [2.45, 2.75) is 18.3 Å². The van der Waals surface area contributed by atoms with Crippen LogP contribution in [0.1, 0.15) is 18.4 Å². The van der Waals surface area contributed by atoms with E-state index in [-0.39, 0.29) is 0 Å². The second-order valence-electron chi connectivity index (χ2n) is 9.71. The van der Waals surface area contributed by atoms with Crippen molar-refractivity contribution in [3.63, 3.8) is 0 Å². The summed E-state index contributed by atoms with van der Waals surface area (Å²) in [5, 5.41) is 16.4. The summed E-state index contributed by atoms with van der Waals surface area (Å²) in [5.74, 6) is 0. The molecule has 0 aromatic heterocycles. The first kappa shape index (κ1) is 27.0. The number of rotatable bonds is 11. The lowest BCUT2D eigenvalue weighted by Gasteiger charge is -2.31. The van der Waals surface area contributed by atoms with Gasteiger partial charge in [-0.15, -0.1) is 0 Å². The van der Waals surface area contributed by atoms with E-state index in [1.807, 2.05) is 6.07 Å². The molecule has 0 amide bonds. The topological polar surface area (TPSA) is 23.8 Å². The molecule has 0 N–H and O–H groups in total. The van der Waals surface area contributed by atoms with Gasteiger partial charge in [0.1, 0.15) is 0 Å². The van der Waals surface area contributed by atoms with Crippen molar-refractivity contribution in [2.24, 2.45) is 0 Å². The van der Waals surface area contributed by atoms with E-state index >= 15 is 0 Å². The van der Waals surface area contributed by atoms with Crippen LogP contribution in [0.15, 0.2) is 152 Å². The Morgan fingerprint density at radius 1 is 0.436 bits per heavy atom. The molecular weight excluding hydrogens is 508 g/mol. The van der Waals surface area contributed by atoms with Gasteiger partial charge in [-0.1, -0.05) is 152 Å². The van der Waals surface area contributed by atoms with Gasteiger partial charge in [0.05, 0.1) is 11.5 Å². The minimum atomic E-state index is -0.571. The van der Waals surface area contributed by atoms with Crippen LogP contribution in [0.4, 0.5) is 0 Å². The highest BCUT2D eigenvalue weighted by Crippen LogP contribution is 2.44. The average Bonchev–Trinajstić information content (AvgIpc) is 3.03. The van der Waals surface area contributed by atoms with Crippen LogP contribution in [0, 0.1) is 11.3 Å². The van der Waals surface area contributed by atoms with Crippen molar-refractivity contribution >= 4 is 37.1 Å². The quantitative estimate of drug-likeness (QED) is 0.159. The van der Waals surface area contributed by atoms with E-state index in [9.17, 15) is 5.26 Å². The molecule has 0 saturated carbocycles. The van der Waals surface area contributed by atoms with Crippen molar-refractivity contribution < 1.29 is 0 Å². The highest BCUT2D eigenvalue weighted by Gasteiger charge is 2.34. The van der Waals surface area contributed by atoms with Gasteiger partial charge in [0.2, 0.25) is 0 Å². The first-order valence-corrected chi connectivity index (χ1v) is 16.6. The lowest BCUT2D eigenvalue weighted by molar-refractivity contribution is 0.518. The molecule has 0 spiro atoms. The maximum atomic E-state index is 10.9. The Balaban J connectivity index is 1.48. The fraction of sp³-hybridized carbons (Fsp3) is 0.139. The largest absolute Gasteiger partial charge is 0.197 e. The van der Waals surface area contributed by atoms with Gasteiger partial charge < -0.3 is 0 Å². The summed E-state index contributed by atoms with van der Waals surface area (Å²) in [6.45, 7) is 0. The Labute approximate surface area is 235 Å². The summed E-state index contributed by atoms with van der Waals surface area (Å²) in [4.78, 5) is 0. The van der Waals surface area contributed by atoms with Crippen molar-refractivity contribution in [2.75, 3.05) is 12.3 Å². The zero-order chi connectivity index (χ0) is 26.8. The van der Waals surface area contributed by atoms with Crippen molar-refractivity contribution in [1.82, 2.24) is 0 Å². The van der Waals surface area contributed by atoms with Gasteiger partial charge in [-0.3, -0.25) is 0 Å². The Morgan fingerprint density at radius 2 is 0.718 bits per heavy atom. The molecule has 0 unspecified atom stereocenters. The summed E-state index contributed by atoms with van der Waals surface area (Å²) >= 11 is 0. The molecule has 0 radical (unpaired) electrons. The van der Waals surface area contributed by atoms with Gasteiger partial charge in [-0.2, -0.15) is 5.26 Å². The maximum absolute atomic E-state index is 10.9. The Bertz CT molecular complexity index is 1280. The summed E-state index contributed by atoms with van der Waals surface area (Å²) in [7, 11) is -1.14. The first-order valence-electron chi connectivity index (χ1n) is 13.5. The molecule has 5 rings (SSSR count). The van der Waals surface area contributed by atoms with E-state index in [0.717, 1.165) is 30.7 Å². The van der Waals surface area contributed by atoms with Gasteiger partial charge in [0.25, 0.3) is 0 Å². The van der Waals surface area contributed by atoms with Crippen LogP contribution in [-0.4, -0.2) is 12.3 Å². The van der Waals surface area contributed by atoms with Crippen LogP contribution < -0.4 is 21.2 Å². The number of nitriles is 1. The molecule has 0 heterocycles. The second kappa shape index (κ2) is 13.5. The van der Waals surface area contributed by atoms with Crippen LogP contribution in [0.3, 0.4) is 0 Å². The van der Waals surface area contributed by atoms with Gasteiger partial charge >= 0.3 is 0 Å². The number of hydrogen-bond acceptors (Lipinski definition) is 1. The summed E-state index contributed by atoms with van der Waals surface area (Å²) < 4.78 is 0. The molecular formula is C36H33NP2. The van der Waals surface area contributed by atoms with Gasteiger partial charge in [-0.25, -0.2) is 0 Å². The average molecular weight is 542 g/mol. The highest BCUT2D eigenvalue weighted by atomic mass is 31.1. The standard InChI is InChI=1S/C36H33NP2/c37-30-36(31-16-6-1-7-17-31,26-28-38(32-18-8-2-9-19-32)33-20-10-3-11-21-33)27-29-39(34-22-12-4-13-23-34)35-24-14-5-15-25-35/h1-25H,26-29H2. The van der Waals surface area contributed by atoms with Gasteiger partial charge in [0.15, 0.2) is 0 Å². The molecule has 192 valence electrons. The molecule has 5 aromatic carbocycles. The van der Waals surface area contributed by atoms with Crippen LogP contribution in [0.25, 0.3) is 0 Å². The van der Waals surface area contributed by atoms with Gasteiger partial charge in [-0.05, 0) is 67.8 Å². The Hall–Kier alpha value is -3.55. The Kier molecular flexibility index (Phi) is 9.35. The minimum Gasteiger partial charge on any atom is -0.197 e. The first-order chi connectivity index (χ1) is 19.3. The fourth-order valence-electron chi connectivity index (χ4n) is 5.20. The van der Waals surface area contributed by atoms with Crippen molar-refractivity contribution in [3.05, 3.63) is 157 Å². The number of nitrogens with zero attached hydrogens (tertiary/aromatic N) is 1. The van der Waals surface area contributed by atoms with Crippen LogP contribution >= 0.6 is 15.8 Å².